The van der Waals surface area contributed by atoms with Gasteiger partial charge in [-0.15, -0.1) is 0 Å². The summed E-state index contributed by atoms with van der Waals surface area (Å²) in [4.78, 5) is 21.3. The lowest BCUT2D eigenvalue weighted by molar-refractivity contribution is 0.168. The lowest BCUT2D eigenvalue weighted by Crippen LogP contribution is -2.51. The zero-order valence-corrected chi connectivity index (χ0v) is 16.3. The number of hydrogen-bond donors (Lipinski definition) is 2. The van der Waals surface area contributed by atoms with Crippen molar-refractivity contribution >= 4 is 6.03 Å². The minimum Gasteiger partial charge on any atom is -0.338 e. The number of aromatic nitrogens is 3. The maximum atomic E-state index is 12.6. The maximum absolute atomic E-state index is 12.6. The molecule has 0 atom stereocenters. The van der Waals surface area contributed by atoms with Gasteiger partial charge >= 0.3 is 6.03 Å². The SMILES string of the molecule is O=C(NCCc1ccccc1)NC1(c2nc(-c3cccnc3)no2)CCCCC1. The van der Waals surface area contributed by atoms with Crippen LogP contribution in [0.25, 0.3) is 11.4 Å². The summed E-state index contributed by atoms with van der Waals surface area (Å²) in [6, 6.07) is 13.6. The van der Waals surface area contributed by atoms with Gasteiger partial charge in [-0.2, -0.15) is 4.98 Å². The molecule has 1 fully saturated rings. The fourth-order valence-electron chi connectivity index (χ4n) is 3.80. The van der Waals surface area contributed by atoms with Gasteiger partial charge in [-0.05, 0) is 37.0 Å². The van der Waals surface area contributed by atoms with E-state index in [-0.39, 0.29) is 6.03 Å². The van der Waals surface area contributed by atoms with Gasteiger partial charge in [0, 0.05) is 24.5 Å². The van der Waals surface area contributed by atoms with Crippen LogP contribution in [0.3, 0.4) is 0 Å². The highest BCUT2D eigenvalue weighted by Gasteiger charge is 2.40. The zero-order valence-electron chi connectivity index (χ0n) is 16.3. The molecule has 0 radical (unpaired) electrons. The van der Waals surface area contributed by atoms with E-state index in [1.165, 1.54) is 5.56 Å². The Morgan fingerprint density at radius 2 is 1.90 bits per heavy atom. The van der Waals surface area contributed by atoms with E-state index in [1.807, 2.05) is 30.3 Å². The molecule has 2 N–H and O–H groups in total. The Morgan fingerprint density at radius 3 is 2.66 bits per heavy atom. The number of urea groups is 1. The second-order valence-electron chi connectivity index (χ2n) is 7.42. The summed E-state index contributed by atoms with van der Waals surface area (Å²) in [6.45, 7) is 0.566. The Hall–Kier alpha value is -3.22. The number of hydrogen-bond acceptors (Lipinski definition) is 5. The van der Waals surface area contributed by atoms with Gasteiger partial charge in [0.2, 0.25) is 5.82 Å². The van der Waals surface area contributed by atoms with Gasteiger partial charge in [0.25, 0.3) is 5.89 Å². The van der Waals surface area contributed by atoms with E-state index in [4.69, 9.17) is 4.52 Å². The van der Waals surface area contributed by atoms with E-state index >= 15 is 0 Å². The number of amides is 2. The van der Waals surface area contributed by atoms with Crippen molar-refractivity contribution in [3.8, 4) is 11.4 Å². The predicted octanol–water partition coefficient (Wildman–Crippen LogP) is 3.83. The van der Waals surface area contributed by atoms with Crippen molar-refractivity contribution in [1.82, 2.24) is 25.8 Å². The van der Waals surface area contributed by atoms with Crippen LogP contribution in [0.4, 0.5) is 4.79 Å². The fourth-order valence-corrected chi connectivity index (χ4v) is 3.80. The average molecular weight is 391 g/mol. The number of pyridine rings is 1. The van der Waals surface area contributed by atoms with E-state index in [9.17, 15) is 4.79 Å². The molecule has 1 saturated carbocycles. The third kappa shape index (κ3) is 4.62. The van der Waals surface area contributed by atoms with Crippen molar-refractivity contribution in [2.45, 2.75) is 44.1 Å². The van der Waals surface area contributed by atoms with Gasteiger partial charge < -0.3 is 15.2 Å². The minimum atomic E-state index is -0.622. The van der Waals surface area contributed by atoms with Crippen molar-refractivity contribution < 1.29 is 9.32 Å². The van der Waals surface area contributed by atoms with Crippen LogP contribution in [0, 0.1) is 0 Å². The van der Waals surface area contributed by atoms with Crippen molar-refractivity contribution in [1.29, 1.82) is 0 Å². The summed E-state index contributed by atoms with van der Waals surface area (Å²) in [6.07, 6.45) is 8.92. The van der Waals surface area contributed by atoms with Gasteiger partial charge in [-0.3, -0.25) is 4.98 Å². The molecule has 0 spiro atoms. The van der Waals surface area contributed by atoms with Crippen LogP contribution < -0.4 is 10.6 Å². The summed E-state index contributed by atoms with van der Waals surface area (Å²) < 4.78 is 5.61. The molecule has 0 aliphatic heterocycles. The first-order valence-corrected chi connectivity index (χ1v) is 10.1. The van der Waals surface area contributed by atoms with Gasteiger partial charge in [0.15, 0.2) is 0 Å². The van der Waals surface area contributed by atoms with Crippen molar-refractivity contribution in [2.24, 2.45) is 0 Å². The molecule has 0 bridgehead atoms. The lowest BCUT2D eigenvalue weighted by Gasteiger charge is -2.34. The smallest absolute Gasteiger partial charge is 0.315 e. The third-order valence-electron chi connectivity index (χ3n) is 5.36. The van der Waals surface area contributed by atoms with E-state index in [0.29, 0.717) is 18.3 Å². The molecule has 0 unspecified atom stereocenters. The predicted molar refractivity (Wildman–Crippen MR) is 109 cm³/mol. The first-order valence-electron chi connectivity index (χ1n) is 10.1. The summed E-state index contributed by atoms with van der Waals surface area (Å²) >= 11 is 0. The molecule has 2 heterocycles. The first-order chi connectivity index (χ1) is 14.3. The number of rotatable bonds is 6. The first kappa shape index (κ1) is 19.1. The van der Waals surface area contributed by atoms with Crippen molar-refractivity contribution in [2.75, 3.05) is 6.54 Å². The van der Waals surface area contributed by atoms with Crippen LogP contribution in [-0.4, -0.2) is 27.7 Å². The molecule has 0 saturated heterocycles. The number of carbonyl (C=O) groups excluding carboxylic acids is 1. The van der Waals surface area contributed by atoms with Crippen molar-refractivity contribution in [3.05, 3.63) is 66.3 Å². The Bertz CT molecular complexity index is 921. The largest absolute Gasteiger partial charge is 0.338 e. The molecule has 1 aliphatic carbocycles. The van der Waals surface area contributed by atoms with Gasteiger partial charge in [0.1, 0.15) is 5.54 Å². The molecule has 2 amide bonds. The van der Waals surface area contributed by atoms with Gasteiger partial charge in [0.05, 0.1) is 0 Å². The highest BCUT2D eigenvalue weighted by molar-refractivity contribution is 5.75. The second-order valence-corrected chi connectivity index (χ2v) is 7.42. The standard InChI is InChI=1S/C22H25N5O2/c28-21(24-15-11-17-8-3-1-4-9-17)26-22(12-5-2-6-13-22)20-25-19(27-29-20)18-10-7-14-23-16-18/h1,3-4,7-10,14,16H,2,5-6,11-13,15H2,(H2,24,26,28). The Balaban J connectivity index is 1.44. The Kier molecular flexibility index (Phi) is 5.84. The van der Waals surface area contributed by atoms with Gasteiger partial charge in [-0.1, -0.05) is 54.8 Å². The molecule has 1 aliphatic rings. The Labute approximate surface area is 169 Å². The average Bonchev–Trinajstić information content (AvgIpc) is 3.27. The monoisotopic (exact) mass is 391 g/mol. The highest BCUT2D eigenvalue weighted by atomic mass is 16.5. The van der Waals surface area contributed by atoms with Gasteiger partial charge in [-0.25, -0.2) is 4.79 Å². The second kappa shape index (κ2) is 8.86. The van der Waals surface area contributed by atoms with E-state index in [2.05, 4.69) is 37.9 Å². The third-order valence-corrected chi connectivity index (χ3v) is 5.36. The number of carbonyl (C=O) groups is 1. The molecule has 3 aromatic rings. The summed E-state index contributed by atoms with van der Waals surface area (Å²) in [5, 5.41) is 10.2. The van der Waals surface area contributed by atoms with Crippen molar-refractivity contribution in [3.63, 3.8) is 0 Å². The molecule has 150 valence electrons. The zero-order chi connectivity index (χ0) is 19.9. The summed E-state index contributed by atoms with van der Waals surface area (Å²) in [5.41, 5.74) is 1.36. The van der Waals surface area contributed by atoms with Crippen LogP contribution >= 0.6 is 0 Å². The molecule has 29 heavy (non-hydrogen) atoms. The Morgan fingerprint density at radius 1 is 1.07 bits per heavy atom. The summed E-state index contributed by atoms with van der Waals surface area (Å²) in [7, 11) is 0. The topological polar surface area (TPSA) is 92.9 Å². The number of nitrogens with zero attached hydrogens (tertiary/aromatic N) is 3. The normalized spacial score (nSPS) is 15.6. The molecular formula is C22H25N5O2. The maximum Gasteiger partial charge on any atom is 0.315 e. The molecule has 4 rings (SSSR count). The van der Waals surface area contributed by atoms with Crippen LogP contribution in [0.1, 0.15) is 43.6 Å². The molecule has 7 nitrogen and oxygen atoms in total. The fraction of sp³-hybridized carbons (Fsp3) is 0.364. The van der Waals surface area contributed by atoms with E-state index < -0.39 is 5.54 Å². The number of nitrogens with one attached hydrogen (secondary N) is 2. The quantitative estimate of drug-likeness (QED) is 0.666. The molecule has 2 aromatic heterocycles. The summed E-state index contributed by atoms with van der Waals surface area (Å²) in [5.74, 6) is 0.957. The van der Waals surface area contributed by atoms with Crippen LogP contribution in [0.15, 0.2) is 59.4 Å². The lowest BCUT2D eigenvalue weighted by atomic mass is 9.81. The van der Waals surface area contributed by atoms with Crippen LogP contribution in [-0.2, 0) is 12.0 Å². The van der Waals surface area contributed by atoms with Crippen LogP contribution in [0.5, 0.6) is 0 Å². The highest BCUT2D eigenvalue weighted by Crippen LogP contribution is 2.37. The molecule has 7 heteroatoms. The van der Waals surface area contributed by atoms with E-state index in [0.717, 1.165) is 44.1 Å². The van der Waals surface area contributed by atoms with E-state index in [1.54, 1.807) is 12.4 Å². The number of benzene rings is 1. The van der Waals surface area contributed by atoms with Crippen LogP contribution in [0.2, 0.25) is 0 Å². The molecule has 1 aromatic carbocycles. The molecular weight excluding hydrogens is 366 g/mol. The minimum absolute atomic E-state index is 0.205.